The van der Waals surface area contributed by atoms with Crippen molar-refractivity contribution in [3.63, 3.8) is 0 Å². The Labute approximate surface area is 82.0 Å². The van der Waals surface area contributed by atoms with E-state index in [0.29, 0.717) is 6.61 Å². The summed E-state index contributed by atoms with van der Waals surface area (Å²) in [5.74, 6) is -0.916. The Balaban J connectivity index is 2.02. The Morgan fingerprint density at radius 2 is 1.93 bits per heavy atom. The SMILES string of the molecule is CC1OCCC1N1CC(=O)OC(=O)C1. The second kappa shape index (κ2) is 3.67. The van der Waals surface area contributed by atoms with Crippen LogP contribution in [0.1, 0.15) is 13.3 Å². The van der Waals surface area contributed by atoms with Gasteiger partial charge in [0, 0.05) is 12.6 Å². The minimum atomic E-state index is -0.458. The van der Waals surface area contributed by atoms with Crippen molar-refractivity contribution in [2.24, 2.45) is 0 Å². The standard InChI is InChI=1S/C9H13NO4/c1-6-7(2-3-13-6)10-4-8(11)14-9(12)5-10/h6-7H,2-5H2,1H3. The van der Waals surface area contributed by atoms with E-state index >= 15 is 0 Å². The molecule has 2 aliphatic rings. The van der Waals surface area contributed by atoms with E-state index in [1.807, 2.05) is 11.8 Å². The van der Waals surface area contributed by atoms with Gasteiger partial charge in [-0.05, 0) is 13.3 Å². The summed E-state index contributed by atoms with van der Waals surface area (Å²) in [5, 5.41) is 0. The van der Waals surface area contributed by atoms with Crippen molar-refractivity contribution in [3.8, 4) is 0 Å². The summed E-state index contributed by atoms with van der Waals surface area (Å²) in [6.45, 7) is 3.06. The summed E-state index contributed by atoms with van der Waals surface area (Å²) in [6, 6.07) is 0.173. The predicted molar refractivity (Wildman–Crippen MR) is 46.5 cm³/mol. The molecule has 0 spiro atoms. The van der Waals surface area contributed by atoms with Crippen LogP contribution in [0, 0.1) is 0 Å². The number of carbonyl (C=O) groups is 2. The van der Waals surface area contributed by atoms with Crippen molar-refractivity contribution >= 4 is 11.9 Å². The van der Waals surface area contributed by atoms with Crippen LogP contribution in [0.25, 0.3) is 0 Å². The molecule has 0 aromatic carbocycles. The number of hydrogen-bond donors (Lipinski definition) is 0. The van der Waals surface area contributed by atoms with Crippen molar-refractivity contribution in [3.05, 3.63) is 0 Å². The van der Waals surface area contributed by atoms with E-state index in [1.165, 1.54) is 0 Å². The van der Waals surface area contributed by atoms with E-state index in [2.05, 4.69) is 4.74 Å². The third-order valence-corrected chi connectivity index (χ3v) is 2.70. The van der Waals surface area contributed by atoms with E-state index < -0.39 is 11.9 Å². The molecular weight excluding hydrogens is 186 g/mol. The minimum Gasteiger partial charge on any atom is -0.391 e. The smallest absolute Gasteiger partial charge is 0.327 e. The van der Waals surface area contributed by atoms with Crippen molar-refractivity contribution in [1.82, 2.24) is 4.90 Å². The molecule has 0 N–H and O–H groups in total. The molecule has 0 aromatic heterocycles. The van der Waals surface area contributed by atoms with Gasteiger partial charge in [-0.25, -0.2) is 0 Å². The zero-order chi connectivity index (χ0) is 10.1. The lowest BCUT2D eigenvalue weighted by atomic mass is 10.1. The van der Waals surface area contributed by atoms with Gasteiger partial charge < -0.3 is 9.47 Å². The van der Waals surface area contributed by atoms with Crippen LogP contribution in [0.3, 0.4) is 0 Å². The second-order valence-electron chi connectivity index (χ2n) is 3.68. The fourth-order valence-electron chi connectivity index (χ4n) is 2.01. The molecule has 0 aromatic rings. The molecule has 2 unspecified atom stereocenters. The van der Waals surface area contributed by atoms with Gasteiger partial charge in [0.2, 0.25) is 0 Å². The number of cyclic esters (lactones) is 2. The number of morpholine rings is 1. The summed E-state index contributed by atoms with van der Waals surface area (Å²) >= 11 is 0. The molecule has 2 atom stereocenters. The van der Waals surface area contributed by atoms with Crippen LogP contribution >= 0.6 is 0 Å². The maximum atomic E-state index is 11.0. The molecule has 2 aliphatic heterocycles. The second-order valence-corrected chi connectivity index (χ2v) is 3.68. The number of nitrogens with zero attached hydrogens (tertiary/aromatic N) is 1. The third kappa shape index (κ3) is 1.78. The lowest BCUT2D eigenvalue weighted by molar-refractivity contribution is -0.168. The lowest BCUT2D eigenvalue weighted by Crippen LogP contribution is -2.50. The Bertz CT molecular complexity index is 250. The molecule has 0 amide bonds. The molecule has 14 heavy (non-hydrogen) atoms. The first-order valence-corrected chi connectivity index (χ1v) is 4.76. The highest BCUT2D eigenvalue weighted by atomic mass is 16.6. The minimum absolute atomic E-state index is 0.0914. The Morgan fingerprint density at radius 3 is 2.43 bits per heavy atom. The summed E-state index contributed by atoms with van der Waals surface area (Å²) < 4.78 is 9.83. The highest BCUT2D eigenvalue weighted by Gasteiger charge is 2.35. The first-order chi connectivity index (χ1) is 6.66. The van der Waals surface area contributed by atoms with E-state index in [4.69, 9.17) is 4.74 Å². The predicted octanol–water partition coefficient (Wildman–Crippen LogP) is -0.451. The first kappa shape index (κ1) is 9.61. The molecule has 2 rings (SSSR count). The molecule has 2 fully saturated rings. The van der Waals surface area contributed by atoms with Gasteiger partial charge in [0.15, 0.2) is 0 Å². The van der Waals surface area contributed by atoms with Crippen LogP contribution < -0.4 is 0 Å². The van der Waals surface area contributed by atoms with E-state index in [-0.39, 0.29) is 25.2 Å². The average Bonchev–Trinajstić information content (AvgIpc) is 2.49. The van der Waals surface area contributed by atoms with Gasteiger partial charge in [-0.2, -0.15) is 0 Å². The maximum Gasteiger partial charge on any atom is 0.327 e. The molecule has 0 aliphatic carbocycles. The Kier molecular flexibility index (Phi) is 2.52. The summed E-state index contributed by atoms with van der Waals surface area (Å²) in [6.07, 6.45) is 0.968. The highest BCUT2D eigenvalue weighted by Crippen LogP contribution is 2.20. The molecule has 5 nitrogen and oxygen atoms in total. The van der Waals surface area contributed by atoms with Crippen molar-refractivity contribution in [2.45, 2.75) is 25.5 Å². The van der Waals surface area contributed by atoms with Gasteiger partial charge in [0.05, 0.1) is 19.2 Å². The molecule has 78 valence electrons. The normalized spacial score (nSPS) is 34.6. The van der Waals surface area contributed by atoms with Gasteiger partial charge in [-0.1, -0.05) is 0 Å². The number of rotatable bonds is 1. The fraction of sp³-hybridized carbons (Fsp3) is 0.778. The van der Waals surface area contributed by atoms with Crippen molar-refractivity contribution in [1.29, 1.82) is 0 Å². The number of carbonyl (C=O) groups excluding carboxylic acids is 2. The van der Waals surface area contributed by atoms with Crippen LogP contribution in [0.15, 0.2) is 0 Å². The van der Waals surface area contributed by atoms with Crippen LogP contribution in [0.5, 0.6) is 0 Å². The molecule has 0 radical (unpaired) electrons. The summed E-state index contributed by atoms with van der Waals surface area (Å²) in [4.78, 5) is 23.9. The van der Waals surface area contributed by atoms with Gasteiger partial charge in [0.1, 0.15) is 0 Å². The van der Waals surface area contributed by atoms with Crippen LogP contribution in [0.4, 0.5) is 0 Å². The van der Waals surface area contributed by atoms with Crippen LogP contribution in [-0.4, -0.2) is 48.7 Å². The summed E-state index contributed by atoms with van der Waals surface area (Å²) in [7, 11) is 0. The molecule has 5 heteroatoms. The highest BCUT2D eigenvalue weighted by molar-refractivity contribution is 5.90. The quantitative estimate of drug-likeness (QED) is 0.423. The molecule has 2 heterocycles. The van der Waals surface area contributed by atoms with Gasteiger partial charge in [-0.3, -0.25) is 14.5 Å². The molecule has 2 saturated heterocycles. The number of esters is 2. The van der Waals surface area contributed by atoms with Gasteiger partial charge >= 0.3 is 11.9 Å². The van der Waals surface area contributed by atoms with Crippen LogP contribution in [-0.2, 0) is 19.1 Å². The zero-order valence-electron chi connectivity index (χ0n) is 8.06. The van der Waals surface area contributed by atoms with Crippen LogP contribution in [0.2, 0.25) is 0 Å². The Hall–Kier alpha value is -0.940. The average molecular weight is 199 g/mol. The van der Waals surface area contributed by atoms with Crippen molar-refractivity contribution < 1.29 is 19.1 Å². The lowest BCUT2D eigenvalue weighted by Gasteiger charge is -2.31. The number of hydrogen-bond acceptors (Lipinski definition) is 5. The molecule has 0 bridgehead atoms. The van der Waals surface area contributed by atoms with E-state index in [1.54, 1.807) is 0 Å². The molecule has 0 saturated carbocycles. The van der Waals surface area contributed by atoms with E-state index in [9.17, 15) is 9.59 Å². The maximum absolute atomic E-state index is 11.0. The molecular formula is C9H13NO4. The monoisotopic (exact) mass is 199 g/mol. The van der Waals surface area contributed by atoms with Gasteiger partial charge in [-0.15, -0.1) is 0 Å². The zero-order valence-corrected chi connectivity index (χ0v) is 8.06. The van der Waals surface area contributed by atoms with E-state index in [0.717, 1.165) is 6.42 Å². The largest absolute Gasteiger partial charge is 0.391 e. The topological polar surface area (TPSA) is 55.8 Å². The van der Waals surface area contributed by atoms with Gasteiger partial charge in [0.25, 0.3) is 0 Å². The third-order valence-electron chi connectivity index (χ3n) is 2.70. The first-order valence-electron chi connectivity index (χ1n) is 4.76. The fourth-order valence-corrected chi connectivity index (χ4v) is 2.01. The number of ether oxygens (including phenoxy) is 2. The van der Waals surface area contributed by atoms with Crippen molar-refractivity contribution in [2.75, 3.05) is 19.7 Å². The summed E-state index contributed by atoms with van der Waals surface area (Å²) in [5.41, 5.74) is 0. The Morgan fingerprint density at radius 1 is 1.29 bits per heavy atom.